The number of hydrogen-bond acceptors (Lipinski definition) is 4. The lowest BCUT2D eigenvalue weighted by atomic mass is 9.79. The molecule has 2 bridgehead atoms. The number of nitrogens with zero attached hydrogens (tertiary/aromatic N) is 2. The van der Waals surface area contributed by atoms with Gasteiger partial charge in [-0.25, -0.2) is 0 Å². The number of piperidine rings is 1. The van der Waals surface area contributed by atoms with E-state index in [1.54, 1.807) is 6.07 Å². The maximum absolute atomic E-state index is 12.6. The minimum atomic E-state index is 0.0184. The number of H-pyrrole nitrogens is 1. The van der Waals surface area contributed by atoms with Crippen molar-refractivity contribution in [3.05, 3.63) is 51.2 Å². The highest BCUT2D eigenvalue weighted by Crippen LogP contribution is 2.38. The molecule has 0 unspecified atom stereocenters. The number of nitrogens with one attached hydrogen (secondary N) is 3. The summed E-state index contributed by atoms with van der Waals surface area (Å²) in [6, 6.07) is 5.56. The summed E-state index contributed by atoms with van der Waals surface area (Å²) in [5.41, 5.74) is 4.78. The van der Waals surface area contributed by atoms with Crippen molar-refractivity contribution in [3.8, 4) is 0 Å². The molecule has 3 atom stereocenters. The van der Waals surface area contributed by atoms with Gasteiger partial charge in [0.2, 0.25) is 5.91 Å². The van der Waals surface area contributed by atoms with Crippen LogP contribution < -0.4 is 16.2 Å². The summed E-state index contributed by atoms with van der Waals surface area (Å²) in [6.07, 6.45) is 6.75. The molecule has 0 spiro atoms. The van der Waals surface area contributed by atoms with Crippen LogP contribution in [0.2, 0.25) is 0 Å². The van der Waals surface area contributed by atoms with Crippen LogP contribution in [0.4, 0.5) is 0 Å². The summed E-state index contributed by atoms with van der Waals surface area (Å²) >= 11 is 0. The van der Waals surface area contributed by atoms with Gasteiger partial charge in [-0.15, -0.1) is 0 Å². The molecule has 29 heavy (non-hydrogen) atoms. The second-order valence-electron chi connectivity index (χ2n) is 8.72. The van der Waals surface area contributed by atoms with Crippen molar-refractivity contribution in [3.63, 3.8) is 0 Å². The van der Waals surface area contributed by atoms with Gasteiger partial charge in [0.25, 0.3) is 5.56 Å². The Bertz CT molecular complexity index is 962. The van der Waals surface area contributed by atoms with Gasteiger partial charge in [-0.3, -0.25) is 14.7 Å². The molecule has 1 amide bonds. The Morgan fingerprint density at radius 3 is 3.07 bits per heavy atom. The SMILES string of the molecule is O=C(CCc1n[nH]c2c1CCCC2)NC[C@H]1[C@@H]2CNC[C@@H](C2)c2cccc(=O)n21. The molecule has 0 aromatic carbocycles. The van der Waals surface area contributed by atoms with Crippen molar-refractivity contribution in [1.82, 2.24) is 25.4 Å². The molecule has 7 heteroatoms. The van der Waals surface area contributed by atoms with Gasteiger partial charge >= 0.3 is 0 Å². The van der Waals surface area contributed by atoms with Crippen molar-refractivity contribution in [1.29, 1.82) is 0 Å². The van der Waals surface area contributed by atoms with Crippen LogP contribution in [0.1, 0.15) is 60.3 Å². The molecule has 1 fully saturated rings. The van der Waals surface area contributed by atoms with Crippen molar-refractivity contribution >= 4 is 5.91 Å². The Morgan fingerprint density at radius 1 is 1.24 bits per heavy atom. The molecule has 7 nitrogen and oxygen atoms in total. The highest BCUT2D eigenvalue weighted by Gasteiger charge is 2.37. The first kappa shape index (κ1) is 18.6. The van der Waals surface area contributed by atoms with Crippen molar-refractivity contribution < 1.29 is 4.79 Å². The Balaban J connectivity index is 1.24. The van der Waals surface area contributed by atoms with E-state index < -0.39 is 0 Å². The van der Waals surface area contributed by atoms with E-state index in [2.05, 4.69) is 26.9 Å². The Kier molecular flexibility index (Phi) is 4.99. The van der Waals surface area contributed by atoms with Gasteiger partial charge in [-0.1, -0.05) is 6.07 Å². The van der Waals surface area contributed by atoms with E-state index in [1.165, 1.54) is 24.1 Å². The first-order valence-corrected chi connectivity index (χ1v) is 10.9. The summed E-state index contributed by atoms with van der Waals surface area (Å²) in [7, 11) is 0. The second-order valence-corrected chi connectivity index (χ2v) is 8.72. The first-order valence-electron chi connectivity index (χ1n) is 10.9. The maximum Gasteiger partial charge on any atom is 0.251 e. The molecule has 4 heterocycles. The third-order valence-electron chi connectivity index (χ3n) is 6.94. The fraction of sp³-hybridized carbons (Fsp3) is 0.591. The number of carbonyl (C=O) groups excluding carboxylic acids is 1. The molecule has 1 aliphatic carbocycles. The largest absolute Gasteiger partial charge is 0.354 e. The number of hydrogen-bond donors (Lipinski definition) is 3. The molecular formula is C22H29N5O2. The zero-order valence-corrected chi connectivity index (χ0v) is 16.7. The topological polar surface area (TPSA) is 91.8 Å². The molecule has 5 rings (SSSR count). The molecule has 3 aliphatic rings. The zero-order chi connectivity index (χ0) is 19.8. The summed E-state index contributed by atoms with van der Waals surface area (Å²) in [5.74, 6) is 0.800. The number of rotatable bonds is 5. The number of aryl methyl sites for hydroxylation is 2. The van der Waals surface area contributed by atoms with Crippen LogP contribution in [-0.2, 0) is 24.1 Å². The molecule has 3 N–H and O–H groups in total. The predicted molar refractivity (Wildman–Crippen MR) is 110 cm³/mol. The lowest BCUT2D eigenvalue weighted by Gasteiger charge is -2.43. The lowest BCUT2D eigenvalue weighted by Crippen LogP contribution is -2.50. The summed E-state index contributed by atoms with van der Waals surface area (Å²) in [4.78, 5) is 25.2. The number of amides is 1. The number of aromatic nitrogens is 3. The third-order valence-corrected chi connectivity index (χ3v) is 6.94. The molecule has 2 aromatic rings. The Hall–Kier alpha value is -2.41. The fourth-order valence-corrected chi connectivity index (χ4v) is 5.46. The van der Waals surface area contributed by atoms with Crippen LogP contribution in [0, 0.1) is 5.92 Å². The number of carbonyl (C=O) groups is 1. The second kappa shape index (κ2) is 7.78. The van der Waals surface area contributed by atoms with E-state index >= 15 is 0 Å². The van der Waals surface area contributed by atoms with Gasteiger partial charge in [0.1, 0.15) is 0 Å². The van der Waals surface area contributed by atoms with E-state index in [4.69, 9.17) is 0 Å². The van der Waals surface area contributed by atoms with E-state index in [0.717, 1.165) is 43.7 Å². The lowest BCUT2D eigenvalue weighted by molar-refractivity contribution is -0.121. The highest BCUT2D eigenvalue weighted by molar-refractivity contribution is 5.76. The van der Waals surface area contributed by atoms with Crippen molar-refractivity contribution in [2.45, 2.75) is 56.9 Å². The average Bonchev–Trinajstić information content (AvgIpc) is 3.16. The molecule has 1 saturated heterocycles. The highest BCUT2D eigenvalue weighted by atomic mass is 16.1. The third kappa shape index (κ3) is 3.52. The van der Waals surface area contributed by atoms with Gasteiger partial charge in [-0.2, -0.15) is 5.10 Å². The molecular weight excluding hydrogens is 366 g/mol. The zero-order valence-electron chi connectivity index (χ0n) is 16.7. The molecule has 0 radical (unpaired) electrons. The fourth-order valence-electron chi connectivity index (χ4n) is 5.46. The van der Waals surface area contributed by atoms with E-state index in [9.17, 15) is 9.59 Å². The standard InChI is InChI=1S/C22H29N5O2/c28-21(9-8-18-16-4-1-2-5-17(16)25-26-18)24-13-20-15-10-14(11-23-12-15)19-6-3-7-22(29)27(19)20/h3,6-7,14-15,20,23H,1-2,4-5,8-13H2,(H,24,28)(H,25,26)/t14-,15+,20+/m1/s1. The maximum atomic E-state index is 12.6. The molecule has 2 aliphatic heterocycles. The quantitative estimate of drug-likeness (QED) is 0.715. The van der Waals surface area contributed by atoms with Gasteiger partial charge in [0, 0.05) is 55.8 Å². The minimum Gasteiger partial charge on any atom is -0.354 e. The van der Waals surface area contributed by atoms with Crippen molar-refractivity contribution in [2.24, 2.45) is 5.92 Å². The van der Waals surface area contributed by atoms with E-state index in [-0.39, 0.29) is 17.5 Å². The number of aromatic amines is 1. The van der Waals surface area contributed by atoms with Gasteiger partial charge < -0.3 is 15.2 Å². The normalized spacial score (nSPS) is 25.2. The number of fused-ring (bicyclic) bond motifs is 5. The van der Waals surface area contributed by atoms with Gasteiger partial charge in [0.15, 0.2) is 0 Å². The average molecular weight is 396 g/mol. The molecule has 154 valence electrons. The van der Waals surface area contributed by atoms with Crippen molar-refractivity contribution in [2.75, 3.05) is 19.6 Å². The summed E-state index contributed by atoms with van der Waals surface area (Å²) in [6.45, 7) is 2.33. The van der Waals surface area contributed by atoms with Crippen LogP contribution in [0.5, 0.6) is 0 Å². The van der Waals surface area contributed by atoms with E-state index in [0.29, 0.717) is 31.2 Å². The van der Waals surface area contributed by atoms with Crippen LogP contribution >= 0.6 is 0 Å². The van der Waals surface area contributed by atoms with Crippen LogP contribution in [-0.4, -0.2) is 40.3 Å². The van der Waals surface area contributed by atoms with Gasteiger partial charge in [0.05, 0.1) is 11.7 Å². The summed E-state index contributed by atoms with van der Waals surface area (Å²) in [5, 5.41) is 14.2. The molecule has 2 aromatic heterocycles. The van der Waals surface area contributed by atoms with Crippen LogP contribution in [0.15, 0.2) is 23.0 Å². The Labute approximate surface area is 170 Å². The summed E-state index contributed by atoms with van der Waals surface area (Å²) < 4.78 is 1.93. The predicted octanol–water partition coefficient (Wildman–Crippen LogP) is 1.45. The first-order chi connectivity index (χ1) is 14.2. The Morgan fingerprint density at radius 2 is 2.14 bits per heavy atom. The van der Waals surface area contributed by atoms with Crippen LogP contribution in [0.25, 0.3) is 0 Å². The van der Waals surface area contributed by atoms with Crippen LogP contribution in [0.3, 0.4) is 0 Å². The van der Waals surface area contributed by atoms with E-state index in [1.807, 2.05) is 10.6 Å². The molecule has 0 saturated carbocycles. The number of pyridine rings is 1. The minimum absolute atomic E-state index is 0.0184. The van der Waals surface area contributed by atoms with Gasteiger partial charge in [-0.05, 0) is 49.7 Å². The smallest absolute Gasteiger partial charge is 0.251 e. The monoisotopic (exact) mass is 395 g/mol.